The molecule has 0 aromatic carbocycles. The summed E-state index contributed by atoms with van der Waals surface area (Å²) in [4.78, 5) is 0. The van der Waals surface area contributed by atoms with E-state index < -0.39 is 0 Å². The summed E-state index contributed by atoms with van der Waals surface area (Å²) in [5, 5.41) is 6.49. The predicted octanol–water partition coefficient (Wildman–Crippen LogP) is 1.21. The van der Waals surface area contributed by atoms with Gasteiger partial charge in [0.1, 0.15) is 0 Å². The van der Waals surface area contributed by atoms with Gasteiger partial charge in [0.25, 0.3) is 0 Å². The van der Waals surface area contributed by atoms with Gasteiger partial charge < -0.3 is 10.6 Å². The zero-order chi connectivity index (χ0) is 7.56. The summed E-state index contributed by atoms with van der Waals surface area (Å²) in [6, 6.07) is 1.19. The van der Waals surface area contributed by atoms with Crippen LogP contribution in [0, 0.1) is 0 Å². The lowest BCUT2D eigenvalue weighted by Gasteiger charge is -2.13. The predicted molar refractivity (Wildman–Crippen MR) is 43.6 cm³/mol. The van der Waals surface area contributed by atoms with Crippen LogP contribution < -0.4 is 10.6 Å². The van der Waals surface area contributed by atoms with Gasteiger partial charge in [0.15, 0.2) is 0 Å². The highest BCUT2D eigenvalue weighted by atomic mass is 15.1. The second-order valence-corrected chi connectivity index (χ2v) is 3.20. The summed E-state index contributed by atoms with van der Waals surface area (Å²) in [5.41, 5.74) is 0. The first-order chi connectivity index (χ1) is 4.68. The van der Waals surface area contributed by atoms with E-state index in [4.69, 9.17) is 0 Å². The van der Waals surface area contributed by atoms with Crippen molar-refractivity contribution in [2.24, 2.45) is 0 Å². The summed E-state index contributed by atoms with van der Waals surface area (Å²) in [6.45, 7) is 8.07. The summed E-state index contributed by atoms with van der Waals surface area (Å²) in [5.74, 6) is 0.970. The quantitative estimate of drug-likeness (QED) is 0.613. The molecule has 0 amide bonds. The molecule has 0 unspecified atom stereocenters. The van der Waals surface area contributed by atoms with Crippen molar-refractivity contribution in [2.45, 2.75) is 38.8 Å². The van der Waals surface area contributed by atoms with Gasteiger partial charge in [-0.05, 0) is 26.7 Å². The Balaban J connectivity index is 2.08. The minimum Gasteiger partial charge on any atom is -0.370 e. The van der Waals surface area contributed by atoms with Gasteiger partial charge >= 0.3 is 0 Å². The van der Waals surface area contributed by atoms with Crippen LogP contribution in [0.2, 0.25) is 0 Å². The van der Waals surface area contributed by atoms with Gasteiger partial charge in [-0.15, -0.1) is 0 Å². The molecule has 1 saturated carbocycles. The van der Waals surface area contributed by atoms with Crippen molar-refractivity contribution in [2.75, 3.05) is 0 Å². The van der Waals surface area contributed by atoms with E-state index >= 15 is 0 Å². The van der Waals surface area contributed by atoms with E-state index in [1.807, 2.05) is 0 Å². The second-order valence-electron chi connectivity index (χ2n) is 3.20. The highest BCUT2D eigenvalue weighted by molar-refractivity contribution is 4.96. The van der Waals surface area contributed by atoms with Crippen LogP contribution in [-0.2, 0) is 0 Å². The maximum absolute atomic E-state index is 3.85. The van der Waals surface area contributed by atoms with Crippen LogP contribution in [0.15, 0.2) is 12.4 Å². The van der Waals surface area contributed by atoms with Crippen molar-refractivity contribution in [1.82, 2.24) is 10.6 Å². The van der Waals surface area contributed by atoms with Crippen LogP contribution >= 0.6 is 0 Å². The molecular weight excluding hydrogens is 124 g/mol. The maximum Gasteiger partial charge on any atom is 0.0916 e. The molecule has 0 bridgehead atoms. The molecule has 2 heteroatoms. The summed E-state index contributed by atoms with van der Waals surface area (Å²) in [6.07, 6.45) is 2.61. The van der Waals surface area contributed by atoms with Crippen molar-refractivity contribution in [1.29, 1.82) is 0 Å². The molecule has 0 radical (unpaired) electrons. The molecule has 1 fully saturated rings. The third-order valence-electron chi connectivity index (χ3n) is 1.42. The number of hydrogen-bond donors (Lipinski definition) is 2. The number of hydrogen-bond acceptors (Lipinski definition) is 2. The van der Waals surface area contributed by atoms with Crippen LogP contribution in [0.1, 0.15) is 26.7 Å². The largest absolute Gasteiger partial charge is 0.370 e. The number of nitrogens with one attached hydrogen (secondary N) is 2. The molecule has 2 nitrogen and oxygen atoms in total. The van der Waals surface area contributed by atoms with Gasteiger partial charge in [0.05, 0.1) is 5.82 Å². The number of rotatable bonds is 4. The molecule has 58 valence electrons. The van der Waals surface area contributed by atoms with E-state index in [0.29, 0.717) is 12.1 Å². The molecule has 0 saturated heterocycles. The van der Waals surface area contributed by atoms with Gasteiger partial charge in [-0.3, -0.25) is 0 Å². The van der Waals surface area contributed by atoms with Crippen molar-refractivity contribution < 1.29 is 0 Å². The molecule has 2 N–H and O–H groups in total. The Hall–Kier alpha value is -0.660. The Morgan fingerprint density at radius 3 is 2.50 bits per heavy atom. The first-order valence-corrected chi connectivity index (χ1v) is 3.90. The van der Waals surface area contributed by atoms with E-state index in [0.717, 1.165) is 5.82 Å². The Kier molecular flexibility index (Phi) is 2.20. The first-order valence-electron chi connectivity index (χ1n) is 3.90. The smallest absolute Gasteiger partial charge is 0.0916 e. The molecule has 0 aromatic rings. The van der Waals surface area contributed by atoms with E-state index in [1.54, 1.807) is 0 Å². The normalized spacial score (nSPS) is 17.1. The molecule has 1 aliphatic rings. The average Bonchev–Trinajstić information content (AvgIpc) is 2.46. The Morgan fingerprint density at radius 2 is 2.10 bits per heavy atom. The molecule has 0 atom stereocenters. The van der Waals surface area contributed by atoms with Crippen LogP contribution in [0.3, 0.4) is 0 Å². The standard InChI is InChI=1S/C8H16N2/c1-6(2)9-7(3)10-8-4-5-8/h6,8-10H,3-5H2,1-2H3. The second kappa shape index (κ2) is 2.95. The van der Waals surface area contributed by atoms with Crippen LogP contribution in [0.25, 0.3) is 0 Å². The van der Waals surface area contributed by atoms with E-state index in [1.165, 1.54) is 12.8 Å². The van der Waals surface area contributed by atoms with E-state index in [-0.39, 0.29) is 0 Å². The van der Waals surface area contributed by atoms with E-state index in [2.05, 4.69) is 31.1 Å². The van der Waals surface area contributed by atoms with Gasteiger partial charge in [-0.25, -0.2) is 0 Å². The lowest BCUT2D eigenvalue weighted by Crippen LogP contribution is -2.31. The minimum absolute atomic E-state index is 0.485. The monoisotopic (exact) mass is 140 g/mol. The molecule has 10 heavy (non-hydrogen) atoms. The van der Waals surface area contributed by atoms with Gasteiger partial charge in [-0.2, -0.15) is 0 Å². The molecule has 1 rings (SSSR count). The zero-order valence-corrected chi connectivity index (χ0v) is 6.78. The highest BCUT2D eigenvalue weighted by Gasteiger charge is 2.20. The van der Waals surface area contributed by atoms with Gasteiger partial charge in [0.2, 0.25) is 0 Å². The lowest BCUT2D eigenvalue weighted by molar-refractivity contribution is 0.608. The van der Waals surface area contributed by atoms with Crippen molar-refractivity contribution in [3.63, 3.8) is 0 Å². The summed E-state index contributed by atoms with van der Waals surface area (Å²) in [7, 11) is 0. The zero-order valence-electron chi connectivity index (χ0n) is 6.78. The third-order valence-corrected chi connectivity index (χ3v) is 1.42. The fourth-order valence-electron chi connectivity index (χ4n) is 0.864. The maximum atomic E-state index is 3.85. The molecule has 1 aliphatic carbocycles. The van der Waals surface area contributed by atoms with Crippen molar-refractivity contribution >= 4 is 0 Å². The Labute approximate surface area is 62.7 Å². The fourth-order valence-corrected chi connectivity index (χ4v) is 0.864. The van der Waals surface area contributed by atoms with Crippen molar-refractivity contribution in [3.05, 3.63) is 12.4 Å². The topological polar surface area (TPSA) is 24.1 Å². The molecule has 0 heterocycles. The van der Waals surface area contributed by atoms with Crippen LogP contribution in [0.4, 0.5) is 0 Å². The van der Waals surface area contributed by atoms with Crippen molar-refractivity contribution in [3.8, 4) is 0 Å². The molecular formula is C8H16N2. The lowest BCUT2D eigenvalue weighted by atomic mass is 10.4. The SMILES string of the molecule is C=C(NC(C)C)NC1CC1. The minimum atomic E-state index is 0.485. The third kappa shape index (κ3) is 2.76. The summed E-state index contributed by atoms with van der Waals surface area (Å²) >= 11 is 0. The summed E-state index contributed by atoms with van der Waals surface area (Å²) < 4.78 is 0. The fraction of sp³-hybridized carbons (Fsp3) is 0.750. The average molecular weight is 140 g/mol. The van der Waals surface area contributed by atoms with Crippen LogP contribution in [-0.4, -0.2) is 12.1 Å². The Bertz CT molecular complexity index is 119. The molecule has 0 spiro atoms. The highest BCUT2D eigenvalue weighted by Crippen LogP contribution is 2.19. The van der Waals surface area contributed by atoms with Gasteiger partial charge in [-0.1, -0.05) is 6.58 Å². The molecule has 0 aromatic heterocycles. The van der Waals surface area contributed by atoms with E-state index in [9.17, 15) is 0 Å². The Morgan fingerprint density at radius 1 is 1.50 bits per heavy atom. The first kappa shape index (κ1) is 7.45. The van der Waals surface area contributed by atoms with Crippen LogP contribution in [0.5, 0.6) is 0 Å². The van der Waals surface area contributed by atoms with Gasteiger partial charge in [0, 0.05) is 12.1 Å². The molecule has 0 aliphatic heterocycles.